The first-order valence-corrected chi connectivity index (χ1v) is 11.9. The van der Waals surface area contributed by atoms with Crippen LogP contribution in [0.25, 0.3) is 0 Å². The molecule has 1 aliphatic rings. The number of piperidine rings is 1. The van der Waals surface area contributed by atoms with Crippen molar-refractivity contribution in [1.82, 2.24) is 9.13 Å². The number of anilines is 1. The van der Waals surface area contributed by atoms with E-state index in [9.17, 15) is 31.5 Å². The molecule has 1 fully saturated rings. The summed E-state index contributed by atoms with van der Waals surface area (Å²) in [6.07, 6.45) is -4.34. The SMILES string of the molecule is Cc1c(N2CCCC(C(F)(F)F)C2)c(=O)n(C[C@@H](N)c2ccccc2)c(=O)n1Cc1c(F)cccc1F. The van der Waals surface area contributed by atoms with E-state index in [1.54, 1.807) is 30.3 Å². The van der Waals surface area contributed by atoms with Crippen LogP contribution in [0.2, 0.25) is 0 Å². The number of alkyl halides is 3. The number of aromatic nitrogens is 2. The fourth-order valence-corrected chi connectivity index (χ4v) is 4.79. The Morgan fingerprint density at radius 2 is 1.65 bits per heavy atom. The van der Waals surface area contributed by atoms with Crippen LogP contribution in [0.1, 0.15) is 35.7 Å². The number of nitrogens with two attached hydrogens (primary N) is 1. The molecule has 1 saturated heterocycles. The highest BCUT2D eigenvalue weighted by atomic mass is 19.4. The summed E-state index contributed by atoms with van der Waals surface area (Å²) in [7, 11) is 0. The molecule has 1 aromatic heterocycles. The summed E-state index contributed by atoms with van der Waals surface area (Å²) in [5.41, 5.74) is 4.79. The van der Waals surface area contributed by atoms with Gasteiger partial charge in [-0.1, -0.05) is 36.4 Å². The monoisotopic (exact) mass is 522 g/mol. The van der Waals surface area contributed by atoms with Gasteiger partial charge in [0.1, 0.15) is 17.3 Å². The third-order valence-electron chi connectivity index (χ3n) is 6.84. The van der Waals surface area contributed by atoms with Gasteiger partial charge in [0.2, 0.25) is 0 Å². The molecule has 2 N–H and O–H groups in total. The average Bonchev–Trinajstić information content (AvgIpc) is 2.86. The maximum atomic E-state index is 14.5. The number of hydrogen-bond donors (Lipinski definition) is 1. The maximum absolute atomic E-state index is 14.5. The molecule has 2 atom stereocenters. The molecule has 0 saturated carbocycles. The van der Waals surface area contributed by atoms with Crippen molar-refractivity contribution in [3.63, 3.8) is 0 Å². The lowest BCUT2D eigenvalue weighted by atomic mass is 9.97. The van der Waals surface area contributed by atoms with Crippen LogP contribution in [0.15, 0.2) is 58.1 Å². The summed E-state index contributed by atoms with van der Waals surface area (Å²) in [6.45, 7) is 0.282. The van der Waals surface area contributed by atoms with Crippen LogP contribution in [0, 0.1) is 24.5 Å². The molecule has 0 aliphatic carbocycles. The van der Waals surface area contributed by atoms with Crippen LogP contribution in [0.4, 0.5) is 27.6 Å². The normalized spacial score (nSPS) is 17.2. The van der Waals surface area contributed by atoms with Crippen LogP contribution in [-0.2, 0) is 13.1 Å². The van der Waals surface area contributed by atoms with E-state index in [-0.39, 0.29) is 37.3 Å². The molecule has 3 aromatic rings. The van der Waals surface area contributed by atoms with Gasteiger partial charge in [-0.05, 0) is 37.5 Å². The number of nitrogens with zero attached hydrogens (tertiary/aromatic N) is 3. The second-order valence-electron chi connectivity index (χ2n) is 9.26. The topological polar surface area (TPSA) is 73.3 Å². The fraction of sp³-hybridized carbons (Fsp3) is 0.385. The van der Waals surface area contributed by atoms with Gasteiger partial charge in [0.25, 0.3) is 5.56 Å². The molecule has 4 rings (SSSR count). The van der Waals surface area contributed by atoms with Gasteiger partial charge in [0.15, 0.2) is 0 Å². The Morgan fingerprint density at radius 1 is 1.00 bits per heavy atom. The quantitative estimate of drug-likeness (QED) is 0.495. The van der Waals surface area contributed by atoms with E-state index in [2.05, 4.69) is 0 Å². The van der Waals surface area contributed by atoms with Gasteiger partial charge in [-0.25, -0.2) is 13.6 Å². The minimum atomic E-state index is -4.45. The summed E-state index contributed by atoms with van der Waals surface area (Å²) in [5.74, 6) is -3.42. The zero-order valence-corrected chi connectivity index (χ0v) is 20.1. The Kier molecular flexibility index (Phi) is 7.54. The number of rotatable bonds is 6. The lowest BCUT2D eigenvalue weighted by Crippen LogP contribution is -2.49. The van der Waals surface area contributed by atoms with Gasteiger partial charge in [-0.2, -0.15) is 13.2 Å². The summed E-state index contributed by atoms with van der Waals surface area (Å²) in [6, 6.07) is 11.2. The van der Waals surface area contributed by atoms with Crippen molar-refractivity contribution in [3.05, 3.63) is 97.8 Å². The highest BCUT2D eigenvalue weighted by molar-refractivity contribution is 5.50. The summed E-state index contributed by atoms with van der Waals surface area (Å²) in [5, 5.41) is 0. The van der Waals surface area contributed by atoms with Crippen LogP contribution in [0.5, 0.6) is 0 Å². The van der Waals surface area contributed by atoms with E-state index in [0.29, 0.717) is 5.56 Å². The predicted molar refractivity (Wildman–Crippen MR) is 130 cm³/mol. The van der Waals surface area contributed by atoms with Crippen molar-refractivity contribution in [2.75, 3.05) is 18.0 Å². The molecule has 1 aliphatic heterocycles. The highest BCUT2D eigenvalue weighted by Crippen LogP contribution is 2.34. The van der Waals surface area contributed by atoms with Crippen LogP contribution >= 0.6 is 0 Å². The number of benzene rings is 2. The van der Waals surface area contributed by atoms with Crippen molar-refractivity contribution in [3.8, 4) is 0 Å². The van der Waals surface area contributed by atoms with Crippen molar-refractivity contribution < 1.29 is 22.0 Å². The summed E-state index contributed by atoms with van der Waals surface area (Å²) in [4.78, 5) is 28.4. The summed E-state index contributed by atoms with van der Waals surface area (Å²) < 4.78 is 71.4. The Hall–Kier alpha value is -3.47. The first-order valence-electron chi connectivity index (χ1n) is 11.9. The smallest absolute Gasteiger partial charge is 0.365 e. The van der Waals surface area contributed by atoms with E-state index < -0.39 is 59.7 Å². The van der Waals surface area contributed by atoms with E-state index in [4.69, 9.17) is 5.73 Å². The molecule has 2 aromatic carbocycles. The fourth-order valence-electron chi connectivity index (χ4n) is 4.79. The molecule has 0 spiro atoms. The lowest BCUT2D eigenvalue weighted by Gasteiger charge is -2.36. The number of hydrogen-bond acceptors (Lipinski definition) is 4. The van der Waals surface area contributed by atoms with Crippen molar-refractivity contribution >= 4 is 5.69 Å². The van der Waals surface area contributed by atoms with E-state index >= 15 is 0 Å². The molecular formula is C26H27F5N4O2. The molecule has 37 heavy (non-hydrogen) atoms. The molecule has 1 unspecified atom stereocenters. The molecule has 0 bridgehead atoms. The van der Waals surface area contributed by atoms with Crippen molar-refractivity contribution in [1.29, 1.82) is 0 Å². The van der Waals surface area contributed by atoms with Gasteiger partial charge in [-0.15, -0.1) is 0 Å². The molecular weight excluding hydrogens is 495 g/mol. The zero-order valence-electron chi connectivity index (χ0n) is 20.1. The maximum Gasteiger partial charge on any atom is 0.393 e. The third-order valence-corrected chi connectivity index (χ3v) is 6.84. The van der Waals surface area contributed by atoms with E-state index in [0.717, 1.165) is 21.3 Å². The minimum Gasteiger partial charge on any atom is -0.365 e. The van der Waals surface area contributed by atoms with Crippen molar-refractivity contribution in [2.24, 2.45) is 11.7 Å². The first kappa shape index (κ1) is 26.6. The predicted octanol–water partition coefficient (Wildman–Crippen LogP) is 4.12. The second kappa shape index (κ2) is 10.5. The van der Waals surface area contributed by atoms with Crippen LogP contribution < -0.4 is 21.9 Å². The molecule has 2 heterocycles. The van der Waals surface area contributed by atoms with Gasteiger partial charge in [0.05, 0.1) is 19.0 Å². The zero-order chi connectivity index (χ0) is 26.9. The Labute approximate surface area is 209 Å². The standard InChI is InChI=1S/C26H27F5N4O2/c1-16-23(33-12-6-9-18(13-33)26(29,30)31)24(36)35(15-22(32)17-7-3-2-4-8-17)25(37)34(16)14-19-20(27)10-5-11-21(19)28/h2-5,7-8,10-11,18,22H,6,9,12-15,32H2,1H3/t18?,22-/m1/s1. The van der Waals surface area contributed by atoms with Crippen LogP contribution in [0.3, 0.4) is 0 Å². The van der Waals surface area contributed by atoms with Crippen molar-refractivity contribution in [2.45, 2.75) is 45.1 Å². The average molecular weight is 523 g/mol. The summed E-state index contributed by atoms with van der Waals surface area (Å²) >= 11 is 0. The Bertz CT molecular complexity index is 1360. The molecule has 0 radical (unpaired) electrons. The number of halogens is 5. The van der Waals surface area contributed by atoms with Gasteiger partial charge in [0, 0.05) is 30.4 Å². The Balaban J connectivity index is 1.86. The molecule has 6 nitrogen and oxygen atoms in total. The van der Waals surface area contributed by atoms with Gasteiger partial charge < -0.3 is 10.6 Å². The highest BCUT2D eigenvalue weighted by Gasteiger charge is 2.42. The third kappa shape index (κ3) is 5.46. The van der Waals surface area contributed by atoms with Crippen LogP contribution in [-0.4, -0.2) is 28.4 Å². The lowest BCUT2D eigenvalue weighted by molar-refractivity contribution is -0.176. The largest absolute Gasteiger partial charge is 0.393 e. The van der Waals surface area contributed by atoms with Gasteiger partial charge >= 0.3 is 11.9 Å². The van der Waals surface area contributed by atoms with Gasteiger partial charge in [-0.3, -0.25) is 13.9 Å². The molecule has 198 valence electrons. The first-order chi connectivity index (χ1) is 17.5. The molecule has 0 amide bonds. The minimum absolute atomic E-state index is 0.0324. The van der Waals surface area contributed by atoms with E-state index in [1.807, 2.05) is 0 Å². The second-order valence-corrected chi connectivity index (χ2v) is 9.26. The van der Waals surface area contributed by atoms with E-state index in [1.165, 1.54) is 17.9 Å². The Morgan fingerprint density at radius 3 is 2.27 bits per heavy atom. The molecule has 11 heteroatoms.